The maximum atomic E-state index is 11.6. The lowest BCUT2D eigenvalue weighted by atomic mass is 10.1. The van der Waals surface area contributed by atoms with Gasteiger partial charge in [-0.1, -0.05) is 0 Å². The lowest BCUT2D eigenvalue weighted by Crippen LogP contribution is -2.56. The largest absolute Gasteiger partial charge is 0.470 e. The lowest BCUT2D eigenvalue weighted by Gasteiger charge is -2.38. The summed E-state index contributed by atoms with van der Waals surface area (Å²) in [6.45, 7) is 1.09. The molecule has 1 aliphatic heterocycles. The van der Waals surface area contributed by atoms with Crippen LogP contribution in [-0.2, 0) is 4.79 Å². The van der Waals surface area contributed by atoms with Crippen molar-refractivity contribution in [2.45, 2.75) is 18.9 Å². The molecule has 0 aliphatic carbocycles. The van der Waals surface area contributed by atoms with E-state index in [-0.39, 0.29) is 12.0 Å². The first-order valence-electron chi connectivity index (χ1n) is 6.10. The third kappa shape index (κ3) is 3.36. The summed E-state index contributed by atoms with van der Waals surface area (Å²) in [5.74, 6) is 0.934. The van der Waals surface area contributed by atoms with Gasteiger partial charge in [0.2, 0.25) is 11.8 Å². The number of ether oxygens (including phenoxy) is 1. The van der Waals surface area contributed by atoms with Crippen LogP contribution in [0.2, 0.25) is 0 Å². The Morgan fingerprint density at radius 3 is 3.11 bits per heavy atom. The van der Waals surface area contributed by atoms with Crippen LogP contribution in [0, 0.1) is 11.3 Å². The van der Waals surface area contributed by atoms with Gasteiger partial charge in [-0.05, 0) is 18.6 Å². The van der Waals surface area contributed by atoms with Gasteiger partial charge in [0.25, 0.3) is 0 Å². The number of carbonyl (C=O) groups is 1. The summed E-state index contributed by atoms with van der Waals surface area (Å²) in [6.07, 6.45) is 2.67. The second-order valence-electron chi connectivity index (χ2n) is 4.30. The van der Waals surface area contributed by atoms with Crippen molar-refractivity contribution in [3.05, 3.63) is 23.9 Å². The van der Waals surface area contributed by atoms with E-state index in [1.54, 1.807) is 23.2 Å². The average Bonchev–Trinajstić information content (AvgIpc) is 2.40. The molecule has 100 valence electrons. The number of likely N-dealkylation sites (tertiary alicyclic amines) is 1. The summed E-state index contributed by atoms with van der Waals surface area (Å²) in [5, 5.41) is 8.91. The van der Waals surface area contributed by atoms with Gasteiger partial charge in [0.05, 0.1) is 13.1 Å². The Morgan fingerprint density at radius 2 is 2.42 bits per heavy atom. The number of halogens is 1. The van der Waals surface area contributed by atoms with Crippen LogP contribution in [-0.4, -0.2) is 40.9 Å². The van der Waals surface area contributed by atoms with E-state index in [0.29, 0.717) is 43.3 Å². The smallest absolute Gasteiger partial charge is 0.232 e. The molecule has 1 aliphatic rings. The van der Waals surface area contributed by atoms with E-state index in [1.165, 1.54) is 0 Å². The zero-order valence-corrected chi connectivity index (χ0v) is 11.1. The standard InChI is InChI=1S/C13H14ClN3O2/c14-5-1-4-12(18)17-8-11(9-17)19-13-10(7-15)3-2-6-16-13/h2-3,6,11H,1,4-5,8-9H2. The van der Waals surface area contributed by atoms with Crippen LogP contribution in [0.4, 0.5) is 0 Å². The van der Waals surface area contributed by atoms with Crippen molar-refractivity contribution in [2.75, 3.05) is 19.0 Å². The highest BCUT2D eigenvalue weighted by atomic mass is 35.5. The van der Waals surface area contributed by atoms with Gasteiger partial charge in [-0.15, -0.1) is 11.6 Å². The van der Waals surface area contributed by atoms with Crippen LogP contribution in [0.3, 0.4) is 0 Å². The number of amides is 1. The average molecular weight is 280 g/mol. The highest BCUT2D eigenvalue weighted by molar-refractivity contribution is 6.17. The molecule has 0 unspecified atom stereocenters. The van der Waals surface area contributed by atoms with Gasteiger partial charge in [0.15, 0.2) is 0 Å². The van der Waals surface area contributed by atoms with Crippen molar-refractivity contribution >= 4 is 17.5 Å². The molecular formula is C13H14ClN3O2. The number of nitrogens with zero attached hydrogens (tertiary/aromatic N) is 3. The summed E-state index contributed by atoms with van der Waals surface area (Å²) in [5.41, 5.74) is 0.411. The van der Waals surface area contributed by atoms with Gasteiger partial charge in [0, 0.05) is 18.5 Å². The minimum absolute atomic E-state index is 0.0815. The molecule has 1 fully saturated rings. The summed E-state index contributed by atoms with van der Waals surface area (Å²) in [4.78, 5) is 17.4. The lowest BCUT2D eigenvalue weighted by molar-refractivity contribution is -0.140. The molecule has 0 spiro atoms. The third-order valence-corrected chi connectivity index (χ3v) is 3.16. The third-order valence-electron chi connectivity index (χ3n) is 2.89. The molecule has 6 heteroatoms. The molecule has 5 nitrogen and oxygen atoms in total. The first-order valence-corrected chi connectivity index (χ1v) is 6.63. The summed E-state index contributed by atoms with van der Waals surface area (Å²) < 4.78 is 5.60. The van der Waals surface area contributed by atoms with Crippen molar-refractivity contribution < 1.29 is 9.53 Å². The number of nitriles is 1. The molecule has 2 rings (SSSR count). The van der Waals surface area contributed by atoms with Crippen LogP contribution in [0.5, 0.6) is 5.88 Å². The molecule has 0 N–H and O–H groups in total. The molecule has 2 heterocycles. The first kappa shape index (κ1) is 13.6. The Labute approximate surface area is 116 Å². The number of aromatic nitrogens is 1. The molecular weight excluding hydrogens is 266 g/mol. The van der Waals surface area contributed by atoms with E-state index in [4.69, 9.17) is 21.6 Å². The number of pyridine rings is 1. The molecule has 0 saturated carbocycles. The summed E-state index contributed by atoms with van der Waals surface area (Å²) in [7, 11) is 0. The van der Waals surface area contributed by atoms with E-state index >= 15 is 0 Å². The molecule has 19 heavy (non-hydrogen) atoms. The fourth-order valence-corrected chi connectivity index (χ4v) is 1.95. The predicted molar refractivity (Wildman–Crippen MR) is 69.9 cm³/mol. The highest BCUT2D eigenvalue weighted by Crippen LogP contribution is 2.20. The first-order chi connectivity index (χ1) is 9.24. The molecule has 1 aromatic heterocycles. The van der Waals surface area contributed by atoms with Gasteiger partial charge >= 0.3 is 0 Å². The minimum atomic E-state index is -0.0815. The maximum absolute atomic E-state index is 11.6. The fourth-order valence-electron chi connectivity index (χ4n) is 1.82. The number of hydrogen-bond acceptors (Lipinski definition) is 4. The van der Waals surface area contributed by atoms with Crippen molar-refractivity contribution in [1.29, 1.82) is 5.26 Å². The van der Waals surface area contributed by atoms with Gasteiger partial charge in [0.1, 0.15) is 17.7 Å². The number of carbonyl (C=O) groups excluding carboxylic acids is 1. The van der Waals surface area contributed by atoms with Crippen LogP contribution in [0.15, 0.2) is 18.3 Å². The van der Waals surface area contributed by atoms with E-state index in [0.717, 1.165) is 0 Å². The fraction of sp³-hybridized carbons (Fsp3) is 0.462. The topological polar surface area (TPSA) is 66.2 Å². The van der Waals surface area contributed by atoms with E-state index in [9.17, 15) is 4.79 Å². The van der Waals surface area contributed by atoms with Crippen LogP contribution < -0.4 is 4.74 Å². The van der Waals surface area contributed by atoms with Gasteiger partial charge < -0.3 is 9.64 Å². The van der Waals surface area contributed by atoms with Crippen molar-refractivity contribution in [2.24, 2.45) is 0 Å². The Morgan fingerprint density at radius 1 is 1.63 bits per heavy atom. The minimum Gasteiger partial charge on any atom is -0.470 e. The molecule has 1 aromatic rings. The SMILES string of the molecule is N#Cc1cccnc1OC1CN(C(=O)CCCCl)C1. The van der Waals surface area contributed by atoms with Gasteiger partial charge in [-0.3, -0.25) is 4.79 Å². The van der Waals surface area contributed by atoms with Crippen molar-refractivity contribution in [3.8, 4) is 11.9 Å². The number of rotatable bonds is 5. The van der Waals surface area contributed by atoms with Crippen molar-refractivity contribution in [3.63, 3.8) is 0 Å². The Hall–Kier alpha value is -1.80. The van der Waals surface area contributed by atoms with E-state index in [2.05, 4.69) is 4.98 Å². The Balaban J connectivity index is 1.82. The Kier molecular flexibility index (Phi) is 4.58. The summed E-state index contributed by atoms with van der Waals surface area (Å²) in [6, 6.07) is 5.37. The number of hydrogen-bond donors (Lipinski definition) is 0. The molecule has 0 bridgehead atoms. The highest BCUT2D eigenvalue weighted by Gasteiger charge is 2.32. The molecule has 0 radical (unpaired) electrons. The molecule has 1 amide bonds. The van der Waals surface area contributed by atoms with Crippen LogP contribution in [0.25, 0.3) is 0 Å². The van der Waals surface area contributed by atoms with Crippen LogP contribution >= 0.6 is 11.6 Å². The molecule has 0 aromatic carbocycles. The second-order valence-corrected chi connectivity index (χ2v) is 4.68. The van der Waals surface area contributed by atoms with E-state index < -0.39 is 0 Å². The van der Waals surface area contributed by atoms with Gasteiger partial charge in [-0.25, -0.2) is 4.98 Å². The predicted octanol–water partition coefficient (Wildman–Crippen LogP) is 1.56. The maximum Gasteiger partial charge on any atom is 0.232 e. The van der Waals surface area contributed by atoms with Crippen molar-refractivity contribution in [1.82, 2.24) is 9.88 Å². The van der Waals surface area contributed by atoms with E-state index in [1.807, 2.05) is 6.07 Å². The monoisotopic (exact) mass is 279 g/mol. The normalized spacial score (nSPS) is 14.6. The zero-order valence-electron chi connectivity index (χ0n) is 10.4. The number of alkyl halides is 1. The molecule has 0 atom stereocenters. The molecule has 1 saturated heterocycles. The zero-order chi connectivity index (χ0) is 13.7. The summed E-state index contributed by atoms with van der Waals surface area (Å²) >= 11 is 5.55. The Bertz CT molecular complexity index is 495. The quantitative estimate of drug-likeness (QED) is 0.767. The van der Waals surface area contributed by atoms with Gasteiger partial charge in [-0.2, -0.15) is 5.26 Å². The van der Waals surface area contributed by atoms with Crippen LogP contribution in [0.1, 0.15) is 18.4 Å². The second kappa shape index (κ2) is 6.39.